The molecule has 2 atom stereocenters. The maximum absolute atomic E-state index is 12.4. The van der Waals surface area contributed by atoms with Gasteiger partial charge in [0, 0.05) is 0 Å². The molecule has 0 aliphatic carbocycles. The Morgan fingerprint density at radius 3 is 2.14 bits per heavy atom. The zero-order valence-electron chi connectivity index (χ0n) is 17.3. The molecule has 0 aromatic rings. The molecule has 1 heterocycles. The first-order valence-electron chi connectivity index (χ1n) is 10.7. The molecule has 0 unspecified atom stereocenters. The van der Waals surface area contributed by atoms with Gasteiger partial charge in [0.15, 0.2) is 0 Å². The standard InChI is InChI=1S/C21H34F3NO4/c1-2-3-4-5-6-7-8-9-10-11-12-13-14-15-18-17(16-28-20(27)29-18)25-19(26)21(22,23)24/h14-15,17-18H,2-13,16H2,1H3,(H,25,26)/b15-14+/t17-,18+/m0/s1. The summed E-state index contributed by atoms with van der Waals surface area (Å²) in [6, 6.07) is -1.06. The Labute approximate surface area is 171 Å². The lowest BCUT2D eigenvalue weighted by atomic mass is 10.0. The normalized spacial score (nSPS) is 19.8. The van der Waals surface area contributed by atoms with E-state index in [1.807, 2.05) is 5.32 Å². The minimum atomic E-state index is -4.99. The second kappa shape index (κ2) is 14.3. The summed E-state index contributed by atoms with van der Waals surface area (Å²) in [5.74, 6) is -2.08. The Balaban J connectivity index is 2.17. The van der Waals surface area contributed by atoms with E-state index in [1.54, 1.807) is 6.08 Å². The summed E-state index contributed by atoms with van der Waals surface area (Å²) in [6.45, 7) is 1.86. The first-order chi connectivity index (χ1) is 13.8. The monoisotopic (exact) mass is 421 g/mol. The highest BCUT2D eigenvalue weighted by atomic mass is 19.4. The van der Waals surface area contributed by atoms with Gasteiger partial charge in [0.1, 0.15) is 18.8 Å². The van der Waals surface area contributed by atoms with Crippen LogP contribution in [0.5, 0.6) is 0 Å². The van der Waals surface area contributed by atoms with Crippen molar-refractivity contribution in [3.63, 3.8) is 0 Å². The van der Waals surface area contributed by atoms with E-state index in [0.717, 1.165) is 19.3 Å². The summed E-state index contributed by atoms with van der Waals surface area (Å²) >= 11 is 0. The number of hydrogen-bond acceptors (Lipinski definition) is 4. The van der Waals surface area contributed by atoms with Gasteiger partial charge in [0.2, 0.25) is 0 Å². The number of unbranched alkanes of at least 4 members (excludes halogenated alkanes) is 11. The van der Waals surface area contributed by atoms with Gasteiger partial charge in [0.25, 0.3) is 0 Å². The van der Waals surface area contributed by atoms with Crippen LogP contribution in [0.1, 0.15) is 84.0 Å². The molecule has 1 rings (SSSR count). The summed E-state index contributed by atoms with van der Waals surface area (Å²) in [7, 11) is 0. The molecule has 5 nitrogen and oxygen atoms in total. The van der Waals surface area contributed by atoms with Crippen molar-refractivity contribution in [2.24, 2.45) is 0 Å². The van der Waals surface area contributed by atoms with Crippen molar-refractivity contribution >= 4 is 12.1 Å². The maximum Gasteiger partial charge on any atom is 0.509 e. The zero-order valence-corrected chi connectivity index (χ0v) is 17.3. The van der Waals surface area contributed by atoms with Crippen LogP contribution in [0.2, 0.25) is 0 Å². The van der Waals surface area contributed by atoms with E-state index in [-0.39, 0.29) is 6.61 Å². The number of ether oxygens (including phenoxy) is 2. The van der Waals surface area contributed by atoms with Crippen molar-refractivity contribution < 1.29 is 32.2 Å². The van der Waals surface area contributed by atoms with Crippen molar-refractivity contribution in [2.45, 2.75) is 102 Å². The average Bonchev–Trinajstić information content (AvgIpc) is 2.66. The van der Waals surface area contributed by atoms with Crippen molar-refractivity contribution in [3.05, 3.63) is 12.2 Å². The summed E-state index contributed by atoms with van der Waals surface area (Å²) in [5, 5.41) is 1.81. The summed E-state index contributed by atoms with van der Waals surface area (Å²) in [5.41, 5.74) is 0. The predicted octanol–water partition coefficient (Wildman–Crippen LogP) is 5.83. The molecule has 168 valence electrons. The van der Waals surface area contributed by atoms with Crippen molar-refractivity contribution in [1.29, 1.82) is 0 Å². The predicted molar refractivity (Wildman–Crippen MR) is 104 cm³/mol. The van der Waals surface area contributed by atoms with Gasteiger partial charge in [0.05, 0.1) is 0 Å². The first-order valence-corrected chi connectivity index (χ1v) is 10.7. The SMILES string of the molecule is CCCCCCCCCCCCC/C=C/[C@H]1OC(=O)OC[C@@H]1NC(=O)C(F)(F)F. The molecule has 0 saturated carbocycles. The van der Waals surface area contributed by atoms with Gasteiger partial charge in [-0.1, -0.05) is 77.2 Å². The largest absolute Gasteiger partial charge is 0.509 e. The van der Waals surface area contributed by atoms with E-state index < -0.39 is 30.4 Å². The number of cyclic esters (lactones) is 2. The number of carbonyl (C=O) groups is 2. The second-order valence-electron chi connectivity index (χ2n) is 7.47. The third kappa shape index (κ3) is 11.8. The smallest absolute Gasteiger partial charge is 0.432 e. The molecular formula is C21H34F3NO4. The van der Waals surface area contributed by atoms with Crippen LogP contribution in [0, 0.1) is 0 Å². The van der Waals surface area contributed by atoms with Crippen LogP contribution in [0.25, 0.3) is 0 Å². The van der Waals surface area contributed by atoms with Crippen LogP contribution in [0.3, 0.4) is 0 Å². The van der Waals surface area contributed by atoms with Gasteiger partial charge < -0.3 is 14.8 Å². The Hall–Kier alpha value is -1.73. The number of amides is 1. The van der Waals surface area contributed by atoms with Crippen LogP contribution in [0.4, 0.5) is 18.0 Å². The highest BCUT2D eigenvalue weighted by Gasteiger charge is 2.42. The van der Waals surface area contributed by atoms with E-state index in [4.69, 9.17) is 4.74 Å². The Morgan fingerprint density at radius 2 is 1.59 bits per heavy atom. The number of alkyl halides is 3. The molecular weight excluding hydrogens is 387 g/mol. The molecule has 1 aliphatic heterocycles. The van der Waals surface area contributed by atoms with Gasteiger partial charge in [-0.15, -0.1) is 0 Å². The number of allylic oxidation sites excluding steroid dienone is 1. The third-order valence-electron chi connectivity index (χ3n) is 4.88. The van der Waals surface area contributed by atoms with Gasteiger partial charge in [-0.3, -0.25) is 4.79 Å². The fourth-order valence-electron chi connectivity index (χ4n) is 3.18. The highest BCUT2D eigenvalue weighted by Crippen LogP contribution is 2.18. The zero-order chi connectivity index (χ0) is 21.5. The van der Waals surface area contributed by atoms with E-state index >= 15 is 0 Å². The molecule has 0 spiro atoms. The lowest BCUT2D eigenvalue weighted by molar-refractivity contribution is -0.176. The fraction of sp³-hybridized carbons (Fsp3) is 0.810. The van der Waals surface area contributed by atoms with Gasteiger partial charge in [-0.2, -0.15) is 13.2 Å². The Kier molecular flexibility index (Phi) is 12.5. The molecule has 29 heavy (non-hydrogen) atoms. The second-order valence-corrected chi connectivity index (χ2v) is 7.47. The van der Waals surface area contributed by atoms with Crippen LogP contribution < -0.4 is 5.32 Å². The number of rotatable bonds is 14. The van der Waals surface area contributed by atoms with Crippen LogP contribution in [-0.4, -0.2) is 37.0 Å². The van der Waals surface area contributed by atoms with Gasteiger partial charge >= 0.3 is 18.2 Å². The van der Waals surface area contributed by atoms with Crippen molar-refractivity contribution in [3.8, 4) is 0 Å². The molecule has 0 radical (unpaired) electrons. The fourth-order valence-corrected chi connectivity index (χ4v) is 3.18. The molecule has 0 aromatic carbocycles. The molecule has 0 aromatic heterocycles. The molecule has 1 saturated heterocycles. The summed E-state index contributed by atoms with van der Waals surface area (Å²) < 4.78 is 46.7. The van der Waals surface area contributed by atoms with Crippen LogP contribution in [-0.2, 0) is 14.3 Å². The minimum Gasteiger partial charge on any atom is -0.432 e. The summed E-state index contributed by atoms with van der Waals surface area (Å²) in [4.78, 5) is 22.3. The van der Waals surface area contributed by atoms with Crippen LogP contribution in [0.15, 0.2) is 12.2 Å². The molecule has 1 amide bonds. The molecule has 1 fully saturated rings. The average molecular weight is 422 g/mol. The molecule has 8 heteroatoms. The number of nitrogens with one attached hydrogen (secondary N) is 1. The highest BCUT2D eigenvalue weighted by molar-refractivity contribution is 5.82. The third-order valence-corrected chi connectivity index (χ3v) is 4.88. The lowest BCUT2D eigenvalue weighted by Crippen LogP contribution is -2.54. The number of carbonyl (C=O) groups excluding carboxylic acids is 2. The van der Waals surface area contributed by atoms with E-state index in [0.29, 0.717) is 0 Å². The topological polar surface area (TPSA) is 64.6 Å². The molecule has 1 N–H and O–H groups in total. The maximum atomic E-state index is 12.4. The lowest BCUT2D eigenvalue weighted by Gasteiger charge is -2.29. The Bertz CT molecular complexity index is 509. The molecule has 1 aliphatic rings. The van der Waals surface area contributed by atoms with Crippen molar-refractivity contribution in [1.82, 2.24) is 5.32 Å². The minimum absolute atomic E-state index is 0.353. The van der Waals surface area contributed by atoms with E-state index in [1.165, 1.54) is 63.9 Å². The van der Waals surface area contributed by atoms with Gasteiger partial charge in [-0.25, -0.2) is 4.79 Å². The van der Waals surface area contributed by atoms with E-state index in [9.17, 15) is 22.8 Å². The number of halogens is 3. The number of hydrogen-bond donors (Lipinski definition) is 1. The summed E-state index contributed by atoms with van der Waals surface area (Å²) in [6.07, 6.45) is 10.7. The first kappa shape index (κ1) is 25.3. The quantitative estimate of drug-likeness (QED) is 0.218. The molecule has 0 bridgehead atoms. The van der Waals surface area contributed by atoms with Crippen LogP contribution >= 0.6 is 0 Å². The van der Waals surface area contributed by atoms with Gasteiger partial charge in [-0.05, 0) is 18.9 Å². The van der Waals surface area contributed by atoms with Crippen molar-refractivity contribution in [2.75, 3.05) is 6.61 Å². The Morgan fingerprint density at radius 1 is 1.03 bits per heavy atom. The van der Waals surface area contributed by atoms with E-state index in [2.05, 4.69) is 11.7 Å².